The summed E-state index contributed by atoms with van der Waals surface area (Å²) in [4.78, 5) is 11.7. The number of nitrogens with zero attached hydrogens (tertiary/aromatic N) is 4. The Morgan fingerprint density at radius 1 is 1.26 bits per heavy atom. The molecular formula is C12H10N6O. The predicted octanol–water partition coefficient (Wildman–Crippen LogP) is 1.24. The molecule has 3 rings (SSSR count). The second kappa shape index (κ2) is 4.73. The van der Waals surface area contributed by atoms with Gasteiger partial charge in [0.05, 0.1) is 11.9 Å². The topological polar surface area (TPSA) is 88.5 Å². The largest absolute Gasteiger partial charge is 0.321 e. The van der Waals surface area contributed by atoms with Gasteiger partial charge in [0.15, 0.2) is 5.69 Å². The van der Waals surface area contributed by atoms with Crippen LogP contribution in [0.5, 0.6) is 0 Å². The highest BCUT2D eigenvalue weighted by Gasteiger charge is 2.08. The first-order valence-electron chi connectivity index (χ1n) is 5.60. The van der Waals surface area contributed by atoms with Crippen LogP contribution in [0.2, 0.25) is 0 Å². The first-order chi connectivity index (χ1) is 9.33. The molecule has 0 radical (unpaired) electrons. The van der Waals surface area contributed by atoms with Crippen LogP contribution in [-0.2, 0) is 0 Å². The van der Waals surface area contributed by atoms with Crippen LogP contribution in [0.3, 0.4) is 0 Å². The van der Waals surface area contributed by atoms with E-state index in [0.29, 0.717) is 5.69 Å². The van der Waals surface area contributed by atoms with Crippen LogP contribution in [0.1, 0.15) is 10.5 Å². The Balaban J connectivity index is 1.75. The molecule has 2 heterocycles. The van der Waals surface area contributed by atoms with Crippen molar-refractivity contribution in [3.8, 4) is 5.69 Å². The third kappa shape index (κ3) is 2.34. The van der Waals surface area contributed by atoms with E-state index in [2.05, 4.69) is 25.8 Å². The van der Waals surface area contributed by atoms with Crippen LogP contribution in [0.4, 0.5) is 5.69 Å². The molecule has 0 unspecified atom stereocenters. The van der Waals surface area contributed by atoms with E-state index >= 15 is 0 Å². The lowest BCUT2D eigenvalue weighted by Gasteiger charge is -2.05. The zero-order chi connectivity index (χ0) is 13.1. The number of benzene rings is 1. The van der Waals surface area contributed by atoms with Crippen molar-refractivity contribution < 1.29 is 4.79 Å². The lowest BCUT2D eigenvalue weighted by Crippen LogP contribution is -2.12. The summed E-state index contributed by atoms with van der Waals surface area (Å²) in [5, 5.41) is 16.5. The molecule has 0 atom stereocenters. The van der Waals surface area contributed by atoms with E-state index in [4.69, 9.17) is 0 Å². The summed E-state index contributed by atoms with van der Waals surface area (Å²) >= 11 is 0. The molecule has 0 spiro atoms. The third-order valence-electron chi connectivity index (χ3n) is 2.54. The minimum atomic E-state index is -0.305. The molecule has 2 N–H and O–H groups in total. The Labute approximate surface area is 108 Å². The van der Waals surface area contributed by atoms with Gasteiger partial charge in [-0.3, -0.25) is 4.79 Å². The van der Waals surface area contributed by atoms with Gasteiger partial charge in [0.1, 0.15) is 0 Å². The normalized spacial score (nSPS) is 10.3. The maximum atomic E-state index is 11.7. The van der Waals surface area contributed by atoms with Crippen molar-refractivity contribution in [3.05, 3.63) is 54.6 Å². The number of hydrogen-bond donors (Lipinski definition) is 2. The second-order valence-corrected chi connectivity index (χ2v) is 3.81. The number of H-pyrrole nitrogens is 1. The second-order valence-electron chi connectivity index (χ2n) is 3.81. The molecule has 7 nitrogen and oxygen atoms in total. The van der Waals surface area contributed by atoms with Crippen LogP contribution in [0.15, 0.2) is 48.9 Å². The van der Waals surface area contributed by atoms with Gasteiger partial charge >= 0.3 is 0 Å². The van der Waals surface area contributed by atoms with E-state index in [1.165, 1.54) is 6.20 Å². The molecule has 3 aromatic rings. The average molecular weight is 254 g/mol. The van der Waals surface area contributed by atoms with Crippen LogP contribution in [0, 0.1) is 0 Å². The van der Waals surface area contributed by atoms with E-state index in [0.717, 1.165) is 5.69 Å². The molecule has 19 heavy (non-hydrogen) atoms. The number of aromatic amines is 1. The Kier molecular flexibility index (Phi) is 2.77. The van der Waals surface area contributed by atoms with Crippen molar-refractivity contribution in [1.29, 1.82) is 0 Å². The minimum absolute atomic E-state index is 0.246. The predicted molar refractivity (Wildman–Crippen MR) is 67.9 cm³/mol. The van der Waals surface area contributed by atoms with Gasteiger partial charge in [-0.1, -0.05) is 0 Å². The Hall–Kier alpha value is -2.96. The monoisotopic (exact) mass is 254 g/mol. The standard InChI is InChI=1S/C12H10N6O/c19-12(11-8-13-17-16-11)15-9-2-4-10(5-3-9)18-7-1-6-14-18/h1-8H,(H,15,19)(H,13,16,17). The van der Waals surface area contributed by atoms with Crippen LogP contribution < -0.4 is 5.32 Å². The highest BCUT2D eigenvalue weighted by molar-refractivity contribution is 6.02. The molecule has 1 amide bonds. The van der Waals surface area contributed by atoms with E-state index in [9.17, 15) is 4.79 Å². The van der Waals surface area contributed by atoms with Crippen molar-refractivity contribution >= 4 is 11.6 Å². The Morgan fingerprint density at radius 2 is 2.11 bits per heavy atom. The SMILES string of the molecule is O=C(Nc1ccc(-n2cccn2)cc1)c1cn[nH]n1. The maximum absolute atomic E-state index is 11.7. The number of anilines is 1. The molecule has 2 aromatic heterocycles. The zero-order valence-electron chi connectivity index (χ0n) is 9.82. The summed E-state index contributed by atoms with van der Waals surface area (Å²) in [6.07, 6.45) is 4.93. The molecule has 1 aromatic carbocycles. The van der Waals surface area contributed by atoms with Gasteiger partial charge in [0.2, 0.25) is 0 Å². The van der Waals surface area contributed by atoms with Gasteiger partial charge in [-0.05, 0) is 30.3 Å². The van der Waals surface area contributed by atoms with Crippen molar-refractivity contribution in [2.24, 2.45) is 0 Å². The molecule has 0 bridgehead atoms. The molecular weight excluding hydrogens is 244 g/mol. The number of carbonyl (C=O) groups excluding carboxylic acids is 1. The van der Waals surface area contributed by atoms with Crippen molar-refractivity contribution in [1.82, 2.24) is 25.2 Å². The van der Waals surface area contributed by atoms with E-state index in [1.807, 2.05) is 24.4 Å². The maximum Gasteiger partial charge on any atom is 0.277 e. The average Bonchev–Trinajstić information content (AvgIpc) is 3.13. The fraction of sp³-hybridized carbons (Fsp3) is 0. The number of carbonyl (C=O) groups is 1. The number of amides is 1. The van der Waals surface area contributed by atoms with E-state index in [1.54, 1.807) is 23.0 Å². The van der Waals surface area contributed by atoms with Gasteiger partial charge in [-0.15, -0.1) is 0 Å². The fourth-order valence-electron chi connectivity index (χ4n) is 1.63. The van der Waals surface area contributed by atoms with Crippen molar-refractivity contribution in [3.63, 3.8) is 0 Å². The first-order valence-corrected chi connectivity index (χ1v) is 5.60. The molecule has 0 saturated carbocycles. The molecule has 0 saturated heterocycles. The van der Waals surface area contributed by atoms with Crippen molar-refractivity contribution in [2.45, 2.75) is 0 Å². The summed E-state index contributed by atoms with van der Waals surface area (Å²) in [6.45, 7) is 0. The van der Waals surface area contributed by atoms with Crippen LogP contribution in [0.25, 0.3) is 5.69 Å². The fourth-order valence-corrected chi connectivity index (χ4v) is 1.63. The van der Waals surface area contributed by atoms with Gasteiger partial charge in [-0.2, -0.15) is 20.5 Å². The molecule has 94 valence electrons. The van der Waals surface area contributed by atoms with Gasteiger partial charge in [0, 0.05) is 18.1 Å². The zero-order valence-corrected chi connectivity index (χ0v) is 9.82. The van der Waals surface area contributed by atoms with Gasteiger partial charge in [0.25, 0.3) is 5.91 Å². The number of nitrogens with one attached hydrogen (secondary N) is 2. The number of hydrogen-bond acceptors (Lipinski definition) is 4. The van der Waals surface area contributed by atoms with E-state index in [-0.39, 0.29) is 11.6 Å². The lowest BCUT2D eigenvalue weighted by atomic mass is 10.2. The summed E-state index contributed by atoms with van der Waals surface area (Å²) in [5.41, 5.74) is 1.85. The molecule has 0 aliphatic heterocycles. The summed E-state index contributed by atoms with van der Waals surface area (Å²) < 4.78 is 1.74. The lowest BCUT2D eigenvalue weighted by molar-refractivity contribution is 0.102. The number of aromatic nitrogens is 5. The van der Waals surface area contributed by atoms with Gasteiger partial charge < -0.3 is 5.32 Å². The summed E-state index contributed by atoms with van der Waals surface area (Å²) in [5.74, 6) is -0.305. The summed E-state index contributed by atoms with van der Waals surface area (Å²) in [6, 6.07) is 9.18. The molecule has 0 aliphatic rings. The molecule has 0 fully saturated rings. The van der Waals surface area contributed by atoms with Crippen LogP contribution in [-0.4, -0.2) is 31.1 Å². The highest BCUT2D eigenvalue weighted by Crippen LogP contribution is 2.13. The molecule has 7 heteroatoms. The van der Waals surface area contributed by atoms with Crippen LogP contribution >= 0.6 is 0 Å². The highest BCUT2D eigenvalue weighted by atomic mass is 16.2. The Bertz CT molecular complexity index is 657. The quantitative estimate of drug-likeness (QED) is 0.736. The molecule has 0 aliphatic carbocycles. The van der Waals surface area contributed by atoms with Crippen molar-refractivity contribution in [2.75, 3.05) is 5.32 Å². The van der Waals surface area contributed by atoms with E-state index < -0.39 is 0 Å². The minimum Gasteiger partial charge on any atom is -0.321 e. The Morgan fingerprint density at radius 3 is 2.74 bits per heavy atom. The number of rotatable bonds is 3. The summed E-state index contributed by atoms with van der Waals surface area (Å²) in [7, 11) is 0. The smallest absolute Gasteiger partial charge is 0.277 e. The third-order valence-corrected chi connectivity index (χ3v) is 2.54. The first kappa shape index (κ1) is 11.1. The van der Waals surface area contributed by atoms with Gasteiger partial charge in [-0.25, -0.2) is 4.68 Å².